The van der Waals surface area contributed by atoms with E-state index in [1.165, 1.54) is 24.3 Å². The van der Waals surface area contributed by atoms with Gasteiger partial charge >= 0.3 is 5.97 Å². The quantitative estimate of drug-likeness (QED) is 0.0894. The van der Waals surface area contributed by atoms with E-state index in [2.05, 4.69) is 21.2 Å². The number of anilines is 1. The molecule has 0 saturated carbocycles. The van der Waals surface area contributed by atoms with Crippen LogP contribution in [0.25, 0.3) is 0 Å². The number of imide groups is 1. The summed E-state index contributed by atoms with van der Waals surface area (Å²) in [5, 5.41) is 2.80. The number of hydrogen-bond acceptors (Lipinski definition) is 6. The smallest absolute Gasteiger partial charge is 0.338 e. The highest BCUT2D eigenvalue weighted by Gasteiger charge is 2.73. The molecule has 8 nitrogen and oxygen atoms in total. The number of likely N-dealkylation sites (tertiary alicyclic amines) is 1. The summed E-state index contributed by atoms with van der Waals surface area (Å²) in [5.74, 6) is -5.27. The summed E-state index contributed by atoms with van der Waals surface area (Å²) >= 11 is 18.4. The molecule has 4 aromatic rings. The molecule has 3 atom stereocenters. The maximum Gasteiger partial charge on any atom is 0.338 e. The molecule has 0 aromatic heterocycles. The zero-order chi connectivity index (χ0) is 34.8. The Kier molecular flexibility index (Phi) is 8.29. The number of nitrogens with one attached hydrogen (secondary N) is 1. The van der Waals surface area contributed by atoms with Crippen molar-refractivity contribution in [2.24, 2.45) is 17.8 Å². The molecule has 248 valence electrons. The van der Waals surface area contributed by atoms with Gasteiger partial charge in [-0.05, 0) is 64.6 Å². The van der Waals surface area contributed by atoms with Crippen molar-refractivity contribution in [1.29, 1.82) is 0 Å². The maximum absolute atomic E-state index is 14.4. The molecule has 11 heteroatoms. The first kappa shape index (κ1) is 33.2. The van der Waals surface area contributed by atoms with Gasteiger partial charge in [-0.2, -0.15) is 0 Å². The van der Waals surface area contributed by atoms with Crippen LogP contribution in [-0.4, -0.2) is 47.0 Å². The molecular formula is C38H29BrCl2N2O6. The number of amides is 3. The van der Waals surface area contributed by atoms with Crippen LogP contribution in [0.5, 0.6) is 0 Å². The van der Waals surface area contributed by atoms with Gasteiger partial charge in [0.15, 0.2) is 12.4 Å². The number of halogens is 3. The Labute approximate surface area is 300 Å². The van der Waals surface area contributed by atoms with Crippen molar-refractivity contribution in [1.82, 2.24) is 4.90 Å². The molecule has 0 spiro atoms. The van der Waals surface area contributed by atoms with Crippen LogP contribution < -0.4 is 5.32 Å². The van der Waals surface area contributed by atoms with Crippen molar-refractivity contribution in [3.05, 3.63) is 135 Å². The molecule has 1 heterocycles. The first-order valence-electron chi connectivity index (χ1n) is 15.7. The minimum absolute atomic E-state index is 0.172. The standard InChI is InChI=1S/C38H29BrCl2N2O6/c1-20(2)32(33(45)42-24-17-13-22(14-18-24)36(48)49-19-29(44)21-11-15-23(39)16-12-21)43-34(46)30-31(35(43)47)38(41)26-8-4-3-7-25(26)37(30,40)27-9-5-6-10-28(27)38/h3-18,20,30-32H,19H2,1-2H3,(H,42,45)/t30-,31-,32-,37?,38?/m0/s1. The topological polar surface area (TPSA) is 110 Å². The summed E-state index contributed by atoms with van der Waals surface area (Å²) in [6, 6.07) is 26.2. The van der Waals surface area contributed by atoms with Crippen molar-refractivity contribution in [2.75, 3.05) is 11.9 Å². The van der Waals surface area contributed by atoms with Crippen LogP contribution in [-0.2, 0) is 28.9 Å². The molecule has 1 fully saturated rings. The average molecular weight is 760 g/mol. The number of hydrogen-bond donors (Lipinski definition) is 1. The lowest BCUT2D eigenvalue weighted by atomic mass is 9.54. The van der Waals surface area contributed by atoms with Crippen LogP contribution in [0.3, 0.4) is 0 Å². The van der Waals surface area contributed by atoms with E-state index < -0.39 is 63.8 Å². The summed E-state index contributed by atoms with van der Waals surface area (Å²) in [7, 11) is 0. The van der Waals surface area contributed by atoms with Crippen molar-refractivity contribution in [3.8, 4) is 0 Å². The van der Waals surface area contributed by atoms with E-state index in [4.69, 9.17) is 27.9 Å². The molecule has 3 amide bonds. The third-order valence-corrected chi connectivity index (χ3v) is 11.5. The van der Waals surface area contributed by atoms with Crippen LogP contribution in [0.4, 0.5) is 5.69 Å². The molecule has 0 radical (unpaired) electrons. The molecule has 8 rings (SSSR count). The molecule has 2 bridgehead atoms. The van der Waals surface area contributed by atoms with Crippen LogP contribution >= 0.6 is 39.1 Å². The number of benzene rings is 4. The Morgan fingerprint density at radius 1 is 0.755 bits per heavy atom. The van der Waals surface area contributed by atoms with Crippen LogP contribution in [0.2, 0.25) is 0 Å². The fraction of sp³-hybridized carbons (Fsp3) is 0.237. The van der Waals surface area contributed by atoms with Crippen LogP contribution in [0, 0.1) is 17.8 Å². The molecule has 4 aromatic carbocycles. The number of Topliss-reactive ketones (excluding diaryl/α,β-unsaturated/α-hetero) is 1. The molecule has 1 N–H and O–H groups in total. The summed E-state index contributed by atoms with van der Waals surface area (Å²) in [6.07, 6.45) is 0. The molecule has 4 aliphatic rings. The highest BCUT2D eigenvalue weighted by molar-refractivity contribution is 9.10. The maximum atomic E-state index is 14.4. The van der Waals surface area contributed by atoms with E-state index in [1.807, 2.05) is 48.5 Å². The van der Waals surface area contributed by atoms with Gasteiger partial charge in [-0.15, -0.1) is 23.2 Å². The van der Waals surface area contributed by atoms with Gasteiger partial charge in [0, 0.05) is 15.7 Å². The monoisotopic (exact) mass is 758 g/mol. The molecular weight excluding hydrogens is 731 g/mol. The van der Waals surface area contributed by atoms with Crippen molar-refractivity contribution in [2.45, 2.75) is 29.6 Å². The first-order valence-corrected chi connectivity index (χ1v) is 17.3. The lowest BCUT2D eigenvalue weighted by Crippen LogP contribution is -2.57. The van der Waals surface area contributed by atoms with Gasteiger partial charge in [0.05, 0.1) is 17.4 Å². The predicted molar refractivity (Wildman–Crippen MR) is 187 cm³/mol. The summed E-state index contributed by atoms with van der Waals surface area (Å²) in [6.45, 7) is 3.08. The fourth-order valence-corrected chi connectivity index (χ4v) is 8.88. The number of nitrogens with zero attached hydrogens (tertiary/aromatic N) is 1. The minimum Gasteiger partial charge on any atom is -0.454 e. The first-order chi connectivity index (χ1) is 23.4. The Morgan fingerprint density at radius 3 is 1.65 bits per heavy atom. The van der Waals surface area contributed by atoms with Gasteiger partial charge in [0.25, 0.3) is 0 Å². The largest absolute Gasteiger partial charge is 0.454 e. The van der Waals surface area contributed by atoms with Gasteiger partial charge in [-0.3, -0.25) is 24.1 Å². The van der Waals surface area contributed by atoms with Gasteiger partial charge in [0.2, 0.25) is 17.7 Å². The third kappa shape index (κ3) is 5.04. The molecule has 1 saturated heterocycles. The predicted octanol–water partition coefficient (Wildman–Crippen LogP) is 7.05. The van der Waals surface area contributed by atoms with Crippen molar-refractivity contribution < 1.29 is 28.7 Å². The Balaban J connectivity index is 1.11. The van der Waals surface area contributed by atoms with Gasteiger partial charge < -0.3 is 10.1 Å². The van der Waals surface area contributed by atoms with Crippen molar-refractivity contribution in [3.63, 3.8) is 0 Å². The van der Waals surface area contributed by atoms with Crippen LogP contribution in [0.15, 0.2) is 102 Å². The number of esters is 1. The summed E-state index contributed by atoms with van der Waals surface area (Å²) in [4.78, 5) is 66.2. The third-order valence-electron chi connectivity index (χ3n) is 9.69. The van der Waals surface area contributed by atoms with Gasteiger partial charge in [0.1, 0.15) is 15.8 Å². The number of rotatable bonds is 8. The van der Waals surface area contributed by atoms with E-state index in [0.717, 1.165) is 9.37 Å². The van der Waals surface area contributed by atoms with Gasteiger partial charge in [-0.1, -0.05) is 90.4 Å². The second kappa shape index (κ2) is 12.2. The van der Waals surface area contributed by atoms with E-state index in [1.54, 1.807) is 38.1 Å². The van der Waals surface area contributed by atoms with E-state index in [9.17, 15) is 24.0 Å². The fourth-order valence-electron chi connectivity index (χ4n) is 7.52. The highest BCUT2D eigenvalue weighted by Crippen LogP contribution is 2.69. The number of carbonyl (C=O) groups excluding carboxylic acids is 5. The zero-order valence-electron chi connectivity index (χ0n) is 26.3. The Morgan fingerprint density at radius 2 is 1.20 bits per heavy atom. The van der Waals surface area contributed by atoms with Crippen molar-refractivity contribution >= 4 is 74.3 Å². The minimum atomic E-state index is -1.36. The molecule has 1 aliphatic heterocycles. The van der Waals surface area contributed by atoms with E-state index in [-0.39, 0.29) is 11.3 Å². The SMILES string of the molecule is CC(C)[C@@H](C(=O)Nc1ccc(C(=O)OCC(=O)c2ccc(Br)cc2)cc1)N1C(=O)[C@@H]2[C@@H](C1=O)C1(Cl)c3ccccc3C2(Cl)c2ccccc21. The van der Waals surface area contributed by atoms with Crippen LogP contribution in [0.1, 0.15) is 56.8 Å². The summed E-state index contributed by atoms with van der Waals surface area (Å²) < 4.78 is 6.02. The normalized spacial score (nSPS) is 23.8. The Hall–Kier alpha value is -4.31. The van der Waals surface area contributed by atoms with Gasteiger partial charge in [-0.25, -0.2) is 4.79 Å². The molecule has 49 heavy (non-hydrogen) atoms. The number of ketones is 1. The lowest BCUT2D eigenvalue weighted by Gasteiger charge is -2.54. The zero-order valence-corrected chi connectivity index (χ0v) is 29.4. The second-order valence-corrected chi connectivity index (χ2v) is 14.9. The van der Waals surface area contributed by atoms with E-state index in [0.29, 0.717) is 33.5 Å². The summed E-state index contributed by atoms with van der Waals surface area (Å²) in [5.41, 5.74) is 3.62. The average Bonchev–Trinajstić information content (AvgIpc) is 3.36. The lowest BCUT2D eigenvalue weighted by molar-refractivity contribution is -0.148. The van der Waals surface area contributed by atoms with E-state index >= 15 is 0 Å². The Bertz CT molecular complexity index is 1930. The molecule has 0 unspecified atom stereocenters. The number of alkyl halides is 2. The number of ether oxygens (including phenoxy) is 1. The molecule has 3 aliphatic carbocycles. The second-order valence-electron chi connectivity index (χ2n) is 12.8. The highest BCUT2D eigenvalue weighted by atomic mass is 79.9. The number of carbonyl (C=O) groups is 5.